The molecule has 0 atom stereocenters. The average molecular weight is 431 g/mol. The topological polar surface area (TPSA) is 103 Å². The van der Waals surface area contributed by atoms with E-state index in [4.69, 9.17) is 9.47 Å². The molecule has 160 valence electrons. The van der Waals surface area contributed by atoms with Crippen LogP contribution in [0.25, 0.3) is 11.0 Å². The zero-order valence-corrected chi connectivity index (χ0v) is 18.5. The minimum Gasteiger partial charge on any atom is -0.493 e. The van der Waals surface area contributed by atoms with E-state index < -0.39 is 0 Å². The molecule has 0 aliphatic carbocycles. The van der Waals surface area contributed by atoms with Crippen LogP contribution in [0.15, 0.2) is 29.6 Å². The first kappa shape index (κ1) is 21.7. The molecule has 0 aliphatic heterocycles. The van der Waals surface area contributed by atoms with Crippen molar-refractivity contribution in [3.63, 3.8) is 0 Å². The van der Waals surface area contributed by atoms with E-state index in [1.165, 1.54) is 26.0 Å². The van der Waals surface area contributed by atoms with Crippen LogP contribution >= 0.6 is 11.8 Å². The zero-order chi connectivity index (χ0) is 21.7. The van der Waals surface area contributed by atoms with Gasteiger partial charge < -0.3 is 20.1 Å². The summed E-state index contributed by atoms with van der Waals surface area (Å²) >= 11 is 1.47. The SMILES string of the molecule is COc1cccc(C(=O)NCCn2ncc3c(NC(C)C)nc(SC)nc32)c1OC. The lowest BCUT2D eigenvalue weighted by atomic mass is 10.1. The van der Waals surface area contributed by atoms with Gasteiger partial charge in [-0.05, 0) is 32.2 Å². The fourth-order valence-corrected chi connectivity index (χ4v) is 3.37. The van der Waals surface area contributed by atoms with Crippen molar-refractivity contribution in [3.05, 3.63) is 30.0 Å². The van der Waals surface area contributed by atoms with Crippen molar-refractivity contribution < 1.29 is 14.3 Å². The molecule has 2 heterocycles. The summed E-state index contributed by atoms with van der Waals surface area (Å²) in [7, 11) is 3.05. The summed E-state index contributed by atoms with van der Waals surface area (Å²) in [6.07, 6.45) is 3.68. The van der Waals surface area contributed by atoms with Gasteiger partial charge >= 0.3 is 0 Å². The monoisotopic (exact) mass is 430 g/mol. The van der Waals surface area contributed by atoms with Crippen molar-refractivity contribution >= 4 is 34.5 Å². The van der Waals surface area contributed by atoms with Crippen LogP contribution in [-0.4, -0.2) is 58.7 Å². The number of ether oxygens (including phenoxy) is 2. The lowest BCUT2D eigenvalue weighted by Crippen LogP contribution is -2.28. The predicted octanol–water partition coefficient (Wildman–Crippen LogP) is 2.82. The number of carbonyl (C=O) groups excluding carboxylic acids is 1. The summed E-state index contributed by atoms with van der Waals surface area (Å²) in [4.78, 5) is 21.8. The maximum atomic E-state index is 12.6. The molecule has 0 saturated heterocycles. The highest BCUT2D eigenvalue weighted by Crippen LogP contribution is 2.30. The summed E-state index contributed by atoms with van der Waals surface area (Å²) in [5.74, 6) is 1.43. The minimum absolute atomic E-state index is 0.235. The zero-order valence-electron chi connectivity index (χ0n) is 17.7. The van der Waals surface area contributed by atoms with Gasteiger partial charge in [0.25, 0.3) is 5.91 Å². The van der Waals surface area contributed by atoms with Crippen LogP contribution in [0, 0.1) is 0 Å². The van der Waals surface area contributed by atoms with Crippen molar-refractivity contribution in [2.24, 2.45) is 0 Å². The number of rotatable bonds is 9. The van der Waals surface area contributed by atoms with Gasteiger partial charge in [-0.2, -0.15) is 5.10 Å². The molecule has 3 aromatic rings. The molecule has 2 N–H and O–H groups in total. The Morgan fingerprint density at radius 1 is 1.23 bits per heavy atom. The minimum atomic E-state index is -0.246. The van der Waals surface area contributed by atoms with E-state index in [0.717, 1.165) is 16.9 Å². The maximum absolute atomic E-state index is 12.6. The Labute approximate surface area is 179 Å². The van der Waals surface area contributed by atoms with E-state index in [1.807, 2.05) is 6.26 Å². The van der Waals surface area contributed by atoms with Crippen LogP contribution in [-0.2, 0) is 6.54 Å². The number of thioether (sulfide) groups is 1. The van der Waals surface area contributed by atoms with Gasteiger partial charge in [-0.1, -0.05) is 17.8 Å². The summed E-state index contributed by atoms with van der Waals surface area (Å²) < 4.78 is 12.4. The second kappa shape index (κ2) is 9.66. The molecule has 0 fully saturated rings. The Bertz CT molecular complexity index is 1040. The molecule has 1 amide bonds. The van der Waals surface area contributed by atoms with Crippen LogP contribution in [0.1, 0.15) is 24.2 Å². The Balaban J connectivity index is 1.76. The lowest BCUT2D eigenvalue weighted by Gasteiger charge is -2.13. The largest absolute Gasteiger partial charge is 0.493 e. The number of nitrogens with zero attached hydrogens (tertiary/aromatic N) is 4. The summed E-state index contributed by atoms with van der Waals surface area (Å²) in [6, 6.07) is 5.43. The summed E-state index contributed by atoms with van der Waals surface area (Å²) in [5, 5.41) is 12.2. The van der Waals surface area contributed by atoms with Gasteiger partial charge in [0, 0.05) is 12.6 Å². The Kier molecular flexibility index (Phi) is 6.99. The molecular weight excluding hydrogens is 404 g/mol. The van der Waals surface area contributed by atoms with Crippen molar-refractivity contribution in [2.45, 2.75) is 31.6 Å². The molecule has 2 aromatic heterocycles. The summed E-state index contributed by atoms with van der Waals surface area (Å²) in [6.45, 7) is 4.95. The Morgan fingerprint density at radius 2 is 2.03 bits per heavy atom. The number of benzene rings is 1. The highest BCUT2D eigenvalue weighted by atomic mass is 32.2. The summed E-state index contributed by atoms with van der Waals surface area (Å²) in [5.41, 5.74) is 1.14. The van der Waals surface area contributed by atoms with E-state index in [9.17, 15) is 4.79 Å². The van der Waals surface area contributed by atoms with Crippen molar-refractivity contribution in [1.82, 2.24) is 25.1 Å². The molecule has 0 aliphatic rings. The van der Waals surface area contributed by atoms with E-state index in [-0.39, 0.29) is 11.9 Å². The number of hydrogen-bond donors (Lipinski definition) is 2. The molecule has 0 saturated carbocycles. The van der Waals surface area contributed by atoms with Gasteiger partial charge in [0.05, 0.1) is 37.9 Å². The highest BCUT2D eigenvalue weighted by molar-refractivity contribution is 7.98. The number of para-hydroxylation sites is 1. The Morgan fingerprint density at radius 3 is 2.70 bits per heavy atom. The van der Waals surface area contributed by atoms with E-state index in [2.05, 4.69) is 39.5 Å². The van der Waals surface area contributed by atoms with Gasteiger partial charge in [0.1, 0.15) is 5.82 Å². The number of methoxy groups -OCH3 is 2. The van der Waals surface area contributed by atoms with Crippen molar-refractivity contribution in [2.75, 3.05) is 32.3 Å². The van der Waals surface area contributed by atoms with E-state index >= 15 is 0 Å². The standard InChI is InChI=1S/C20H26N6O3S/c1-12(2)23-17-14-11-22-26(18(14)25-20(24-17)30-5)10-9-21-19(27)13-7-6-8-15(28-3)16(13)29-4/h6-8,11-12H,9-10H2,1-5H3,(H,21,27)(H,23,24,25). The molecule has 3 rings (SSSR count). The van der Waals surface area contributed by atoms with Crippen LogP contribution in [0.5, 0.6) is 11.5 Å². The van der Waals surface area contributed by atoms with Crippen LogP contribution < -0.4 is 20.1 Å². The number of carbonyl (C=O) groups is 1. The molecule has 30 heavy (non-hydrogen) atoms. The normalized spacial score (nSPS) is 11.0. The number of nitrogens with one attached hydrogen (secondary N) is 2. The van der Waals surface area contributed by atoms with Crippen molar-refractivity contribution in [3.8, 4) is 11.5 Å². The number of aromatic nitrogens is 4. The molecule has 0 radical (unpaired) electrons. The second-order valence-electron chi connectivity index (χ2n) is 6.76. The van der Waals surface area contributed by atoms with E-state index in [0.29, 0.717) is 35.3 Å². The molecule has 9 nitrogen and oxygen atoms in total. The highest BCUT2D eigenvalue weighted by Gasteiger charge is 2.17. The maximum Gasteiger partial charge on any atom is 0.255 e. The smallest absolute Gasteiger partial charge is 0.255 e. The number of amides is 1. The first-order valence-corrected chi connectivity index (χ1v) is 10.7. The molecule has 0 spiro atoms. The fraction of sp³-hybridized carbons (Fsp3) is 0.400. The third-order valence-electron chi connectivity index (χ3n) is 4.34. The molecule has 0 bridgehead atoms. The lowest BCUT2D eigenvalue weighted by molar-refractivity contribution is 0.0948. The van der Waals surface area contributed by atoms with Gasteiger partial charge in [-0.3, -0.25) is 4.79 Å². The number of hydrogen-bond acceptors (Lipinski definition) is 8. The molecule has 1 aromatic carbocycles. The average Bonchev–Trinajstić information content (AvgIpc) is 3.15. The second-order valence-corrected chi connectivity index (χ2v) is 7.53. The van der Waals surface area contributed by atoms with Gasteiger partial charge in [-0.25, -0.2) is 14.6 Å². The van der Waals surface area contributed by atoms with Crippen LogP contribution in [0.3, 0.4) is 0 Å². The van der Waals surface area contributed by atoms with E-state index in [1.54, 1.807) is 29.1 Å². The van der Waals surface area contributed by atoms with Gasteiger partial charge in [0.15, 0.2) is 22.3 Å². The van der Waals surface area contributed by atoms with Gasteiger partial charge in [-0.15, -0.1) is 0 Å². The fourth-order valence-electron chi connectivity index (χ4n) is 3.01. The predicted molar refractivity (Wildman–Crippen MR) is 118 cm³/mol. The third-order valence-corrected chi connectivity index (χ3v) is 4.89. The van der Waals surface area contributed by atoms with Crippen LogP contribution in [0.4, 0.5) is 5.82 Å². The molecular formula is C20H26N6O3S. The molecule has 10 heteroatoms. The van der Waals surface area contributed by atoms with Crippen LogP contribution in [0.2, 0.25) is 0 Å². The number of anilines is 1. The number of fused-ring (bicyclic) bond motifs is 1. The van der Waals surface area contributed by atoms with Gasteiger partial charge in [0.2, 0.25) is 0 Å². The van der Waals surface area contributed by atoms with Crippen molar-refractivity contribution in [1.29, 1.82) is 0 Å². The Hall–Kier alpha value is -3.01. The molecule has 0 unspecified atom stereocenters. The quantitative estimate of drug-likeness (QED) is 0.395. The first-order chi connectivity index (χ1) is 14.5. The first-order valence-electron chi connectivity index (χ1n) is 9.51. The third kappa shape index (κ3) is 4.59.